The molecule has 0 fully saturated rings. The number of thiophene rings is 1. The molecule has 3 rings (SSSR count). The number of fused-ring (bicyclic) bond motifs is 1. The van der Waals surface area contributed by atoms with Gasteiger partial charge in [-0.1, -0.05) is 6.07 Å². The second-order valence-corrected chi connectivity index (χ2v) is 6.70. The van der Waals surface area contributed by atoms with E-state index in [1.807, 2.05) is 11.4 Å². The van der Waals surface area contributed by atoms with Crippen LogP contribution >= 0.6 is 11.3 Å². The molecule has 142 valence electrons. The smallest absolute Gasteiger partial charge is 0.330 e. The van der Waals surface area contributed by atoms with Gasteiger partial charge in [0.15, 0.2) is 17.3 Å². The molecule has 0 radical (unpaired) electrons. The molecule has 0 aliphatic carbocycles. The zero-order valence-electron chi connectivity index (χ0n) is 14.9. The molecule has 2 aromatic rings. The van der Waals surface area contributed by atoms with Crippen molar-refractivity contribution in [2.24, 2.45) is 0 Å². The minimum atomic E-state index is -0.465. The van der Waals surface area contributed by atoms with Gasteiger partial charge in [-0.25, -0.2) is 4.79 Å². The number of carbonyl (C=O) groups is 2. The summed E-state index contributed by atoms with van der Waals surface area (Å²) in [5, 5.41) is 1.87. The van der Waals surface area contributed by atoms with Crippen LogP contribution in [0.25, 0.3) is 6.08 Å². The minimum absolute atomic E-state index is 0.0694. The molecule has 0 saturated carbocycles. The van der Waals surface area contributed by atoms with Crippen molar-refractivity contribution in [1.82, 2.24) is 0 Å². The van der Waals surface area contributed by atoms with E-state index in [4.69, 9.17) is 18.9 Å². The van der Waals surface area contributed by atoms with Crippen LogP contribution in [-0.4, -0.2) is 38.7 Å². The van der Waals surface area contributed by atoms with E-state index in [1.54, 1.807) is 31.4 Å². The van der Waals surface area contributed by atoms with Crippen LogP contribution < -0.4 is 14.2 Å². The molecule has 2 heterocycles. The third-order valence-corrected chi connectivity index (χ3v) is 4.76. The zero-order valence-corrected chi connectivity index (χ0v) is 15.8. The number of ether oxygens (including phenoxy) is 4. The minimum Gasteiger partial charge on any atom is -0.493 e. The molecule has 0 unspecified atom stereocenters. The lowest BCUT2D eigenvalue weighted by molar-refractivity contribution is -0.137. The van der Waals surface area contributed by atoms with Crippen LogP contribution in [0.5, 0.6) is 17.2 Å². The first-order valence-electron chi connectivity index (χ1n) is 8.56. The standard InChI is InChI=1S/C20H20O6S/c1-23-16-12-14(13-17-20(16)26-10-9-24-17)6-7-19(22)25-8-2-4-15(21)18-5-3-11-27-18/h3,5-7,11-13H,2,4,8-10H2,1H3/b7-6+. The van der Waals surface area contributed by atoms with Gasteiger partial charge in [0.2, 0.25) is 5.75 Å². The number of rotatable bonds is 8. The van der Waals surface area contributed by atoms with E-state index in [-0.39, 0.29) is 12.4 Å². The molecule has 0 saturated heterocycles. The average molecular weight is 388 g/mol. The van der Waals surface area contributed by atoms with Gasteiger partial charge in [-0.2, -0.15) is 0 Å². The van der Waals surface area contributed by atoms with E-state index in [0.717, 1.165) is 10.4 Å². The summed E-state index contributed by atoms with van der Waals surface area (Å²) in [7, 11) is 1.55. The number of hydrogen-bond acceptors (Lipinski definition) is 7. The van der Waals surface area contributed by atoms with Crippen LogP contribution in [0.2, 0.25) is 0 Å². The number of hydrogen-bond donors (Lipinski definition) is 0. The third-order valence-electron chi connectivity index (χ3n) is 3.85. The summed E-state index contributed by atoms with van der Waals surface area (Å²) in [6.07, 6.45) is 3.82. The summed E-state index contributed by atoms with van der Waals surface area (Å²) in [5.41, 5.74) is 0.737. The summed E-state index contributed by atoms with van der Waals surface area (Å²) in [4.78, 5) is 24.4. The Morgan fingerprint density at radius 3 is 2.89 bits per heavy atom. The van der Waals surface area contributed by atoms with Crippen molar-refractivity contribution in [3.8, 4) is 17.2 Å². The number of esters is 1. The van der Waals surface area contributed by atoms with E-state index in [1.165, 1.54) is 17.4 Å². The van der Waals surface area contributed by atoms with E-state index >= 15 is 0 Å². The fourth-order valence-electron chi connectivity index (χ4n) is 2.57. The Morgan fingerprint density at radius 1 is 1.26 bits per heavy atom. The van der Waals surface area contributed by atoms with Crippen LogP contribution in [0.1, 0.15) is 28.1 Å². The van der Waals surface area contributed by atoms with Gasteiger partial charge in [0, 0.05) is 12.5 Å². The Balaban J connectivity index is 1.49. The lowest BCUT2D eigenvalue weighted by Crippen LogP contribution is -2.16. The molecule has 1 aliphatic rings. The van der Waals surface area contributed by atoms with E-state index < -0.39 is 5.97 Å². The van der Waals surface area contributed by atoms with Gasteiger partial charge in [-0.05, 0) is 41.6 Å². The molecule has 1 aromatic carbocycles. The molecule has 6 nitrogen and oxygen atoms in total. The second-order valence-electron chi connectivity index (χ2n) is 5.75. The summed E-state index contributed by atoms with van der Waals surface area (Å²) < 4.78 is 21.6. The maximum Gasteiger partial charge on any atom is 0.330 e. The van der Waals surface area contributed by atoms with Gasteiger partial charge in [-0.15, -0.1) is 11.3 Å². The quantitative estimate of drug-likeness (QED) is 0.297. The summed E-state index contributed by atoms with van der Waals surface area (Å²) in [6, 6.07) is 7.18. The van der Waals surface area contributed by atoms with Gasteiger partial charge in [0.25, 0.3) is 0 Å². The SMILES string of the molecule is COc1cc(/C=C/C(=O)OCCCC(=O)c2cccs2)cc2c1OCCO2. The Kier molecular flexibility index (Phi) is 6.49. The molecule has 1 aromatic heterocycles. The Morgan fingerprint density at radius 2 is 2.11 bits per heavy atom. The molecule has 0 bridgehead atoms. The maximum atomic E-state index is 11.9. The topological polar surface area (TPSA) is 71.1 Å². The highest BCUT2D eigenvalue weighted by atomic mass is 32.1. The summed E-state index contributed by atoms with van der Waals surface area (Å²) in [6.45, 7) is 1.14. The van der Waals surface area contributed by atoms with Crippen molar-refractivity contribution in [1.29, 1.82) is 0 Å². The van der Waals surface area contributed by atoms with Crippen LogP contribution in [0, 0.1) is 0 Å². The lowest BCUT2D eigenvalue weighted by Gasteiger charge is -2.20. The van der Waals surface area contributed by atoms with Crippen molar-refractivity contribution in [2.75, 3.05) is 26.9 Å². The first kappa shape index (κ1) is 19.0. The predicted molar refractivity (Wildman–Crippen MR) is 102 cm³/mol. The fraction of sp³-hybridized carbons (Fsp3) is 0.300. The van der Waals surface area contributed by atoms with Gasteiger partial charge in [-0.3, -0.25) is 4.79 Å². The first-order valence-corrected chi connectivity index (χ1v) is 9.44. The van der Waals surface area contributed by atoms with Crippen molar-refractivity contribution >= 4 is 29.2 Å². The highest BCUT2D eigenvalue weighted by Gasteiger charge is 2.17. The maximum absolute atomic E-state index is 11.9. The number of Topliss-reactive ketones (excluding diaryl/α,β-unsaturated/α-hetero) is 1. The largest absolute Gasteiger partial charge is 0.493 e. The molecule has 0 spiro atoms. The van der Waals surface area contributed by atoms with Crippen LogP contribution in [0.4, 0.5) is 0 Å². The lowest BCUT2D eigenvalue weighted by atomic mass is 10.1. The number of carbonyl (C=O) groups excluding carboxylic acids is 2. The zero-order chi connectivity index (χ0) is 19.1. The molecular formula is C20H20O6S. The van der Waals surface area contributed by atoms with Crippen LogP contribution in [-0.2, 0) is 9.53 Å². The Labute approximate surface area is 161 Å². The van der Waals surface area contributed by atoms with Crippen molar-refractivity contribution in [2.45, 2.75) is 12.8 Å². The number of methoxy groups -OCH3 is 1. The molecule has 0 amide bonds. The number of ketones is 1. The summed E-state index contributed by atoms with van der Waals surface area (Å²) in [5.74, 6) is 1.30. The Hall–Kier alpha value is -2.80. The normalized spacial score (nSPS) is 12.8. The molecule has 0 atom stereocenters. The molecule has 0 N–H and O–H groups in total. The molecule has 1 aliphatic heterocycles. The highest BCUT2D eigenvalue weighted by molar-refractivity contribution is 7.12. The molecular weight excluding hydrogens is 368 g/mol. The van der Waals surface area contributed by atoms with Gasteiger partial charge in [0.05, 0.1) is 18.6 Å². The van der Waals surface area contributed by atoms with E-state index in [9.17, 15) is 9.59 Å². The van der Waals surface area contributed by atoms with Crippen molar-refractivity contribution < 1.29 is 28.5 Å². The predicted octanol–water partition coefficient (Wildman–Crippen LogP) is 3.75. The van der Waals surface area contributed by atoms with Crippen LogP contribution in [0.15, 0.2) is 35.7 Å². The monoisotopic (exact) mass is 388 g/mol. The highest BCUT2D eigenvalue weighted by Crippen LogP contribution is 2.40. The van der Waals surface area contributed by atoms with Gasteiger partial charge in [0.1, 0.15) is 13.2 Å². The van der Waals surface area contributed by atoms with Crippen molar-refractivity contribution in [3.63, 3.8) is 0 Å². The van der Waals surface area contributed by atoms with Gasteiger partial charge < -0.3 is 18.9 Å². The van der Waals surface area contributed by atoms with Gasteiger partial charge >= 0.3 is 5.97 Å². The van der Waals surface area contributed by atoms with Crippen molar-refractivity contribution in [3.05, 3.63) is 46.2 Å². The average Bonchev–Trinajstić information content (AvgIpc) is 3.23. The molecule has 7 heteroatoms. The first-order chi connectivity index (χ1) is 13.2. The summed E-state index contributed by atoms with van der Waals surface area (Å²) >= 11 is 1.42. The Bertz CT molecular complexity index is 808. The third kappa shape index (κ3) is 5.10. The second kappa shape index (κ2) is 9.23. The van der Waals surface area contributed by atoms with Crippen LogP contribution in [0.3, 0.4) is 0 Å². The number of benzene rings is 1. The van der Waals surface area contributed by atoms with E-state index in [2.05, 4.69) is 0 Å². The fourth-order valence-corrected chi connectivity index (χ4v) is 3.26. The molecule has 27 heavy (non-hydrogen) atoms. The van der Waals surface area contributed by atoms with E-state index in [0.29, 0.717) is 43.3 Å².